The van der Waals surface area contributed by atoms with E-state index >= 15 is 0 Å². The minimum atomic E-state index is 0.494. The topological polar surface area (TPSA) is 24.5 Å². The number of nitrogens with one attached hydrogen (secondary N) is 1. The number of nitrogens with zero attached hydrogens (tertiary/aromatic N) is 1. The van der Waals surface area contributed by atoms with Gasteiger partial charge in [-0.1, -0.05) is 13.3 Å². The largest absolute Gasteiger partial charge is 0.377 e. The Morgan fingerprint density at radius 2 is 2.27 bits per heavy atom. The van der Waals surface area contributed by atoms with Crippen LogP contribution in [0.2, 0.25) is 0 Å². The summed E-state index contributed by atoms with van der Waals surface area (Å²) in [6, 6.07) is 0.721. The first kappa shape index (κ1) is 11.4. The van der Waals surface area contributed by atoms with Gasteiger partial charge in [0.1, 0.15) is 0 Å². The van der Waals surface area contributed by atoms with Gasteiger partial charge in [0.05, 0.1) is 6.10 Å². The highest BCUT2D eigenvalue weighted by Crippen LogP contribution is 2.20. The summed E-state index contributed by atoms with van der Waals surface area (Å²) in [6.07, 6.45) is 4.28. The quantitative estimate of drug-likeness (QED) is 0.755. The number of hydrogen-bond acceptors (Lipinski definition) is 3. The molecule has 0 saturated carbocycles. The summed E-state index contributed by atoms with van der Waals surface area (Å²) in [5, 5.41) is 3.50. The Hall–Kier alpha value is -0.120. The van der Waals surface area contributed by atoms with E-state index in [1.54, 1.807) is 0 Å². The summed E-state index contributed by atoms with van der Waals surface area (Å²) in [5.41, 5.74) is 0. The fourth-order valence-corrected chi connectivity index (χ4v) is 2.90. The molecular weight excluding hydrogens is 188 g/mol. The third-order valence-corrected chi connectivity index (χ3v) is 3.91. The zero-order chi connectivity index (χ0) is 10.7. The Morgan fingerprint density at radius 1 is 1.40 bits per heavy atom. The van der Waals surface area contributed by atoms with Crippen molar-refractivity contribution >= 4 is 0 Å². The Balaban J connectivity index is 1.80. The molecular formula is C12H24N2O. The molecule has 2 fully saturated rings. The predicted octanol–water partition coefficient (Wildman–Crippen LogP) is 1.10. The number of hydrogen-bond donors (Lipinski definition) is 1. The number of ether oxygens (including phenoxy) is 1. The molecule has 1 N–H and O–H groups in total. The minimum absolute atomic E-state index is 0.494. The lowest BCUT2D eigenvalue weighted by Crippen LogP contribution is -2.41. The molecule has 2 heterocycles. The van der Waals surface area contributed by atoms with Crippen molar-refractivity contribution < 1.29 is 4.74 Å². The van der Waals surface area contributed by atoms with E-state index in [0.29, 0.717) is 6.10 Å². The van der Waals surface area contributed by atoms with Gasteiger partial charge >= 0.3 is 0 Å². The van der Waals surface area contributed by atoms with Gasteiger partial charge in [0.2, 0.25) is 0 Å². The molecule has 3 atom stereocenters. The van der Waals surface area contributed by atoms with E-state index in [0.717, 1.165) is 31.7 Å². The molecule has 88 valence electrons. The summed E-state index contributed by atoms with van der Waals surface area (Å²) < 4.78 is 5.69. The van der Waals surface area contributed by atoms with Crippen molar-refractivity contribution in [2.75, 3.05) is 33.3 Å². The van der Waals surface area contributed by atoms with Crippen molar-refractivity contribution in [3.8, 4) is 0 Å². The molecule has 2 aliphatic rings. The SMILES string of the molecule is CCC1CNCC1N(C)CC1CCCO1. The maximum absolute atomic E-state index is 5.69. The predicted molar refractivity (Wildman–Crippen MR) is 62.0 cm³/mol. The Labute approximate surface area is 93.2 Å². The third kappa shape index (κ3) is 2.71. The summed E-state index contributed by atoms with van der Waals surface area (Å²) in [7, 11) is 2.25. The van der Waals surface area contributed by atoms with Gasteiger partial charge in [-0.2, -0.15) is 0 Å². The van der Waals surface area contributed by atoms with Gasteiger partial charge in [0.15, 0.2) is 0 Å². The zero-order valence-electron chi connectivity index (χ0n) is 10.0. The van der Waals surface area contributed by atoms with Crippen LogP contribution < -0.4 is 5.32 Å². The van der Waals surface area contributed by atoms with Crippen LogP contribution in [0.3, 0.4) is 0 Å². The summed E-state index contributed by atoms with van der Waals surface area (Å²) in [4.78, 5) is 2.50. The summed E-state index contributed by atoms with van der Waals surface area (Å²) in [6.45, 7) is 6.73. The monoisotopic (exact) mass is 212 g/mol. The molecule has 15 heavy (non-hydrogen) atoms. The van der Waals surface area contributed by atoms with E-state index in [9.17, 15) is 0 Å². The first-order valence-electron chi connectivity index (χ1n) is 6.33. The lowest BCUT2D eigenvalue weighted by Gasteiger charge is -2.30. The van der Waals surface area contributed by atoms with Crippen molar-refractivity contribution in [1.82, 2.24) is 10.2 Å². The first-order valence-corrected chi connectivity index (χ1v) is 6.33. The van der Waals surface area contributed by atoms with Gasteiger partial charge in [-0.05, 0) is 32.4 Å². The molecule has 0 aromatic heterocycles. The van der Waals surface area contributed by atoms with E-state index in [4.69, 9.17) is 4.74 Å². The van der Waals surface area contributed by atoms with Gasteiger partial charge in [-0.15, -0.1) is 0 Å². The molecule has 0 aromatic rings. The van der Waals surface area contributed by atoms with E-state index in [1.165, 1.54) is 25.8 Å². The maximum Gasteiger partial charge on any atom is 0.0702 e. The van der Waals surface area contributed by atoms with E-state index in [2.05, 4.69) is 24.2 Å². The second-order valence-electron chi connectivity index (χ2n) is 4.97. The Morgan fingerprint density at radius 3 is 2.93 bits per heavy atom. The molecule has 3 nitrogen and oxygen atoms in total. The van der Waals surface area contributed by atoms with Crippen molar-refractivity contribution in [3.05, 3.63) is 0 Å². The van der Waals surface area contributed by atoms with Gasteiger partial charge in [0, 0.05) is 25.7 Å². The fraction of sp³-hybridized carbons (Fsp3) is 1.00. The Bertz CT molecular complexity index is 192. The average Bonchev–Trinajstić information content (AvgIpc) is 2.86. The molecule has 0 radical (unpaired) electrons. The van der Waals surface area contributed by atoms with Crippen molar-refractivity contribution in [2.24, 2.45) is 5.92 Å². The molecule has 0 amide bonds. The molecule has 0 spiro atoms. The van der Waals surface area contributed by atoms with Crippen LogP contribution in [0.15, 0.2) is 0 Å². The van der Waals surface area contributed by atoms with Crippen LogP contribution in [0, 0.1) is 5.92 Å². The normalized spacial score (nSPS) is 36.6. The van der Waals surface area contributed by atoms with Crippen molar-refractivity contribution in [2.45, 2.75) is 38.3 Å². The third-order valence-electron chi connectivity index (χ3n) is 3.91. The molecule has 0 aromatic carbocycles. The molecule has 0 bridgehead atoms. The molecule has 2 aliphatic heterocycles. The van der Waals surface area contributed by atoms with Crippen LogP contribution in [0.1, 0.15) is 26.2 Å². The standard InChI is InChI=1S/C12H24N2O/c1-3-10-7-13-8-12(10)14(2)9-11-5-4-6-15-11/h10-13H,3-9H2,1-2H3. The Kier molecular flexibility index (Phi) is 4.00. The second kappa shape index (κ2) is 5.28. The second-order valence-corrected chi connectivity index (χ2v) is 4.97. The first-order chi connectivity index (χ1) is 7.31. The van der Waals surface area contributed by atoms with Crippen molar-refractivity contribution in [3.63, 3.8) is 0 Å². The molecule has 3 unspecified atom stereocenters. The number of rotatable bonds is 4. The molecule has 0 aliphatic carbocycles. The van der Waals surface area contributed by atoms with E-state index in [1.807, 2.05) is 0 Å². The van der Waals surface area contributed by atoms with Crippen LogP contribution in [0.25, 0.3) is 0 Å². The highest BCUT2D eigenvalue weighted by molar-refractivity contribution is 4.87. The lowest BCUT2D eigenvalue weighted by atomic mass is 9.99. The summed E-state index contributed by atoms with van der Waals surface area (Å²) in [5.74, 6) is 0.830. The maximum atomic E-state index is 5.69. The van der Waals surface area contributed by atoms with Gasteiger partial charge in [-0.3, -0.25) is 4.90 Å². The van der Waals surface area contributed by atoms with Crippen LogP contribution in [-0.4, -0.2) is 50.3 Å². The molecule has 3 heteroatoms. The van der Waals surface area contributed by atoms with Gasteiger partial charge in [-0.25, -0.2) is 0 Å². The summed E-state index contributed by atoms with van der Waals surface area (Å²) >= 11 is 0. The molecule has 2 rings (SSSR count). The zero-order valence-corrected chi connectivity index (χ0v) is 10.0. The lowest BCUT2D eigenvalue weighted by molar-refractivity contribution is 0.0636. The van der Waals surface area contributed by atoms with Crippen LogP contribution >= 0.6 is 0 Å². The van der Waals surface area contributed by atoms with E-state index in [-0.39, 0.29) is 0 Å². The smallest absolute Gasteiger partial charge is 0.0702 e. The highest BCUT2D eigenvalue weighted by atomic mass is 16.5. The van der Waals surface area contributed by atoms with Crippen LogP contribution in [0.4, 0.5) is 0 Å². The van der Waals surface area contributed by atoms with E-state index < -0.39 is 0 Å². The van der Waals surface area contributed by atoms with Gasteiger partial charge in [0.25, 0.3) is 0 Å². The number of likely N-dealkylation sites (N-methyl/N-ethyl adjacent to an activating group) is 1. The minimum Gasteiger partial charge on any atom is -0.377 e. The fourth-order valence-electron chi connectivity index (χ4n) is 2.90. The molecule has 2 saturated heterocycles. The van der Waals surface area contributed by atoms with Crippen molar-refractivity contribution in [1.29, 1.82) is 0 Å². The van der Waals surface area contributed by atoms with Gasteiger partial charge < -0.3 is 10.1 Å². The van der Waals surface area contributed by atoms with Crippen LogP contribution in [0.5, 0.6) is 0 Å². The highest BCUT2D eigenvalue weighted by Gasteiger charge is 2.30. The van der Waals surface area contributed by atoms with Crippen LogP contribution in [-0.2, 0) is 4.74 Å². The average molecular weight is 212 g/mol.